The molecule has 0 amide bonds. The number of aromatic nitrogens is 1. The summed E-state index contributed by atoms with van der Waals surface area (Å²) in [5.74, 6) is 0.430. The van der Waals surface area contributed by atoms with E-state index < -0.39 is 15.2 Å². The lowest BCUT2D eigenvalue weighted by Gasteiger charge is -2.12. The van der Waals surface area contributed by atoms with Gasteiger partial charge in [-0.05, 0) is 19.9 Å². The summed E-state index contributed by atoms with van der Waals surface area (Å²) in [5, 5.41) is -0.465. The Balaban J connectivity index is 2.77. The molecule has 0 atom stereocenters. The molecule has 0 aliphatic heterocycles. The van der Waals surface area contributed by atoms with Crippen molar-refractivity contribution in [3.8, 4) is 5.88 Å². The molecule has 0 radical (unpaired) electrons. The lowest BCUT2D eigenvalue weighted by Crippen LogP contribution is -2.24. The number of hydrogen-bond donors (Lipinski definition) is 1. The van der Waals surface area contributed by atoms with Gasteiger partial charge < -0.3 is 4.74 Å². The van der Waals surface area contributed by atoms with E-state index >= 15 is 0 Å². The molecule has 0 aromatic carbocycles. The van der Waals surface area contributed by atoms with Crippen molar-refractivity contribution in [3.05, 3.63) is 23.9 Å². The lowest BCUT2D eigenvalue weighted by atomic mass is 10.3. The van der Waals surface area contributed by atoms with Crippen LogP contribution in [0.15, 0.2) is 18.3 Å². The first-order chi connectivity index (χ1) is 7.94. The highest BCUT2D eigenvalue weighted by molar-refractivity contribution is 7.90. The minimum atomic E-state index is -3.43. The van der Waals surface area contributed by atoms with Gasteiger partial charge >= 0.3 is 0 Å². The summed E-state index contributed by atoms with van der Waals surface area (Å²) in [4.78, 5) is 4.06. The van der Waals surface area contributed by atoms with E-state index in [1.54, 1.807) is 18.3 Å². The van der Waals surface area contributed by atoms with Crippen LogP contribution < -0.4 is 9.46 Å². The Hall–Kier alpha value is -0.850. The molecule has 1 aromatic heterocycles. The molecule has 17 heavy (non-hydrogen) atoms. The van der Waals surface area contributed by atoms with Gasteiger partial charge in [0.05, 0.1) is 6.10 Å². The molecule has 0 fully saturated rings. The van der Waals surface area contributed by atoms with Crippen molar-refractivity contribution in [1.82, 2.24) is 9.71 Å². The fourth-order valence-electron chi connectivity index (χ4n) is 1.11. The summed E-state index contributed by atoms with van der Waals surface area (Å²) >= 11 is 5.29. The van der Waals surface area contributed by atoms with Gasteiger partial charge in [-0.2, -0.15) is 0 Å². The predicted molar refractivity (Wildman–Crippen MR) is 66.5 cm³/mol. The number of hydrogen-bond acceptors (Lipinski definition) is 4. The predicted octanol–water partition coefficient (Wildman–Crippen LogP) is 1.48. The average Bonchev–Trinajstić information content (AvgIpc) is 2.27. The minimum absolute atomic E-state index is 0.0201. The molecular formula is C10H15ClN2O3S. The molecule has 0 aliphatic rings. The van der Waals surface area contributed by atoms with Gasteiger partial charge in [0, 0.05) is 18.3 Å². The first-order valence-electron chi connectivity index (χ1n) is 5.08. The monoisotopic (exact) mass is 278 g/mol. The van der Waals surface area contributed by atoms with Crippen molar-refractivity contribution >= 4 is 21.6 Å². The van der Waals surface area contributed by atoms with Crippen LogP contribution in [0, 0.1) is 0 Å². The number of nitrogens with zero attached hydrogens (tertiary/aromatic N) is 1. The highest BCUT2D eigenvalue weighted by Crippen LogP contribution is 2.15. The SMILES string of the molecule is CC(C)Oc1ncccc1CNS(=O)(=O)CCl. The number of rotatable bonds is 6. The summed E-state index contributed by atoms with van der Waals surface area (Å²) in [6.45, 7) is 3.87. The van der Waals surface area contributed by atoms with Crippen LogP contribution >= 0.6 is 11.6 Å². The van der Waals surface area contributed by atoms with E-state index in [1.165, 1.54) is 0 Å². The Labute approximate surface area is 106 Å². The van der Waals surface area contributed by atoms with Gasteiger partial charge in [0.25, 0.3) is 0 Å². The molecular weight excluding hydrogens is 264 g/mol. The third-order valence-corrected chi connectivity index (χ3v) is 3.56. The summed E-state index contributed by atoms with van der Waals surface area (Å²) in [7, 11) is -3.43. The van der Waals surface area contributed by atoms with E-state index in [0.717, 1.165) is 0 Å². The van der Waals surface area contributed by atoms with Crippen molar-refractivity contribution in [2.45, 2.75) is 26.5 Å². The highest BCUT2D eigenvalue weighted by Gasteiger charge is 2.11. The molecule has 96 valence electrons. The molecule has 1 aromatic rings. The number of alkyl halides is 1. The van der Waals surface area contributed by atoms with E-state index in [4.69, 9.17) is 16.3 Å². The Morgan fingerprint density at radius 3 is 2.82 bits per heavy atom. The van der Waals surface area contributed by atoms with Crippen molar-refractivity contribution in [1.29, 1.82) is 0 Å². The van der Waals surface area contributed by atoms with Gasteiger partial charge in [0.15, 0.2) is 0 Å². The standard InChI is InChI=1S/C10H15ClN2O3S/c1-8(2)16-10-9(4-3-5-12-10)6-13-17(14,15)7-11/h3-5,8,13H,6-7H2,1-2H3. The van der Waals surface area contributed by atoms with Crippen molar-refractivity contribution in [3.63, 3.8) is 0 Å². The fraction of sp³-hybridized carbons (Fsp3) is 0.500. The Bertz CT molecular complexity index is 462. The van der Waals surface area contributed by atoms with Crippen molar-refractivity contribution in [2.24, 2.45) is 0 Å². The zero-order valence-electron chi connectivity index (χ0n) is 9.68. The van der Waals surface area contributed by atoms with Crippen molar-refractivity contribution < 1.29 is 13.2 Å². The maximum atomic E-state index is 11.2. The van der Waals surface area contributed by atoms with E-state index in [2.05, 4.69) is 9.71 Å². The molecule has 0 unspecified atom stereocenters. The molecule has 0 bridgehead atoms. The molecule has 0 saturated heterocycles. The van der Waals surface area contributed by atoms with Gasteiger partial charge in [-0.15, -0.1) is 11.6 Å². The molecule has 1 heterocycles. The zero-order valence-corrected chi connectivity index (χ0v) is 11.3. The second-order valence-electron chi connectivity index (χ2n) is 3.68. The van der Waals surface area contributed by atoms with Crippen molar-refractivity contribution in [2.75, 3.05) is 5.21 Å². The van der Waals surface area contributed by atoms with Crippen LogP contribution in [0.4, 0.5) is 0 Å². The van der Waals surface area contributed by atoms with Gasteiger partial charge in [0.2, 0.25) is 15.9 Å². The highest BCUT2D eigenvalue weighted by atomic mass is 35.5. The summed E-state index contributed by atoms with van der Waals surface area (Å²) < 4.78 is 30.2. The summed E-state index contributed by atoms with van der Waals surface area (Å²) in [6.07, 6.45) is 1.57. The van der Waals surface area contributed by atoms with E-state index in [9.17, 15) is 8.42 Å². The molecule has 7 heteroatoms. The average molecular weight is 279 g/mol. The topological polar surface area (TPSA) is 68.3 Å². The third kappa shape index (κ3) is 4.89. The fourth-order valence-corrected chi connectivity index (χ4v) is 1.80. The van der Waals surface area contributed by atoms with Crippen LogP contribution in [0.5, 0.6) is 5.88 Å². The van der Waals surface area contributed by atoms with Gasteiger partial charge in [-0.1, -0.05) is 6.07 Å². The van der Waals surface area contributed by atoms with Gasteiger partial charge in [-0.3, -0.25) is 0 Å². The zero-order chi connectivity index (χ0) is 12.9. The number of halogens is 1. The quantitative estimate of drug-likeness (QED) is 0.801. The Morgan fingerprint density at radius 1 is 1.53 bits per heavy atom. The lowest BCUT2D eigenvalue weighted by molar-refractivity contribution is 0.230. The second-order valence-corrected chi connectivity index (χ2v) is 6.07. The number of sulfonamides is 1. The smallest absolute Gasteiger partial charge is 0.225 e. The number of nitrogens with one attached hydrogen (secondary N) is 1. The van der Waals surface area contributed by atoms with Gasteiger partial charge in [0.1, 0.15) is 5.21 Å². The maximum Gasteiger partial charge on any atom is 0.225 e. The van der Waals surface area contributed by atoms with Crippen LogP contribution in [-0.2, 0) is 16.6 Å². The van der Waals surface area contributed by atoms with E-state index in [0.29, 0.717) is 11.4 Å². The largest absolute Gasteiger partial charge is 0.475 e. The molecule has 1 N–H and O–H groups in total. The molecule has 1 rings (SSSR count). The summed E-state index contributed by atoms with van der Waals surface area (Å²) in [6, 6.07) is 3.47. The third-order valence-electron chi connectivity index (χ3n) is 1.82. The maximum absolute atomic E-state index is 11.2. The second kappa shape index (κ2) is 6.18. The van der Waals surface area contributed by atoms with Crippen LogP contribution in [0.25, 0.3) is 0 Å². The van der Waals surface area contributed by atoms with Crippen LogP contribution in [0.2, 0.25) is 0 Å². The van der Waals surface area contributed by atoms with E-state index in [1.807, 2.05) is 13.8 Å². The number of pyridine rings is 1. The normalized spacial score (nSPS) is 11.8. The van der Waals surface area contributed by atoms with Gasteiger partial charge in [-0.25, -0.2) is 18.1 Å². The number of ether oxygens (including phenoxy) is 1. The first kappa shape index (κ1) is 14.2. The van der Waals surface area contributed by atoms with Crippen LogP contribution in [-0.4, -0.2) is 24.7 Å². The molecule has 0 aliphatic carbocycles. The molecule has 0 saturated carbocycles. The first-order valence-corrected chi connectivity index (χ1v) is 7.27. The summed E-state index contributed by atoms with van der Waals surface area (Å²) in [5.41, 5.74) is 0.676. The molecule has 5 nitrogen and oxygen atoms in total. The minimum Gasteiger partial charge on any atom is -0.475 e. The molecule has 0 spiro atoms. The Kier molecular flexibility index (Phi) is 5.17. The van der Waals surface area contributed by atoms with Crippen LogP contribution in [0.3, 0.4) is 0 Å². The van der Waals surface area contributed by atoms with Crippen LogP contribution in [0.1, 0.15) is 19.4 Å². The Morgan fingerprint density at radius 2 is 2.24 bits per heavy atom. The van der Waals surface area contributed by atoms with E-state index in [-0.39, 0.29) is 12.6 Å².